The van der Waals surface area contributed by atoms with Crippen LogP contribution in [0, 0.1) is 6.92 Å². The van der Waals surface area contributed by atoms with Crippen molar-refractivity contribution in [3.05, 3.63) is 29.8 Å². The zero-order chi connectivity index (χ0) is 15.2. The third-order valence-corrected chi connectivity index (χ3v) is 3.90. The largest absolute Gasteiger partial charge is 0.370 e. The molecule has 4 N–H and O–H groups in total. The molecule has 0 unspecified atom stereocenters. The van der Waals surface area contributed by atoms with E-state index in [9.17, 15) is 8.42 Å². The molecule has 0 amide bonds. The molecule has 120 valence electrons. The number of aryl methyl sites for hydroxylation is 1. The molecule has 0 aliphatic carbocycles. The lowest BCUT2D eigenvalue weighted by atomic mass is 10.2. The maximum absolute atomic E-state index is 11.6. The van der Waals surface area contributed by atoms with Crippen molar-refractivity contribution in [3.8, 4) is 0 Å². The van der Waals surface area contributed by atoms with Crippen molar-refractivity contribution in [2.45, 2.75) is 26.8 Å². The summed E-state index contributed by atoms with van der Waals surface area (Å²) in [5.74, 6) is 0.122. The minimum Gasteiger partial charge on any atom is -0.370 e. The summed E-state index contributed by atoms with van der Waals surface area (Å²) in [6.45, 7) is 5.64. The number of rotatable bonds is 6. The van der Waals surface area contributed by atoms with E-state index in [1.165, 1.54) is 0 Å². The number of guanidine groups is 1. The molecule has 0 spiro atoms. The van der Waals surface area contributed by atoms with Gasteiger partial charge in [-0.15, -0.1) is 24.0 Å². The fraction of sp³-hybridized carbons (Fsp3) is 0.462. The molecule has 0 atom stereocenters. The van der Waals surface area contributed by atoms with Crippen molar-refractivity contribution in [2.24, 2.45) is 10.7 Å². The van der Waals surface area contributed by atoms with Crippen molar-refractivity contribution in [2.75, 3.05) is 17.6 Å². The predicted molar refractivity (Wildman–Crippen MR) is 98.8 cm³/mol. The second kappa shape index (κ2) is 9.21. The van der Waals surface area contributed by atoms with Crippen LogP contribution in [-0.2, 0) is 10.0 Å². The number of nitrogens with zero attached hydrogens (tertiary/aromatic N) is 1. The first-order chi connectivity index (χ1) is 9.28. The average molecular weight is 426 g/mol. The SMILES string of the molecule is Cc1cccc(NC(N)=NCCS(=O)(=O)NC(C)C)c1.I. The summed E-state index contributed by atoms with van der Waals surface area (Å²) in [5.41, 5.74) is 7.64. The Morgan fingerprint density at radius 2 is 2.05 bits per heavy atom. The van der Waals surface area contributed by atoms with Gasteiger partial charge < -0.3 is 11.1 Å². The first-order valence-electron chi connectivity index (χ1n) is 6.42. The van der Waals surface area contributed by atoms with Crippen LogP contribution in [0.4, 0.5) is 5.69 Å². The van der Waals surface area contributed by atoms with Gasteiger partial charge in [-0.2, -0.15) is 0 Å². The summed E-state index contributed by atoms with van der Waals surface area (Å²) >= 11 is 0. The molecule has 8 heteroatoms. The van der Waals surface area contributed by atoms with Crippen molar-refractivity contribution < 1.29 is 8.42 Å². The molecule has 0 bridgehead atoms. The van der Waals surface area contributed by atoms with Gasteiger partial charge in [0.05, 0.1) is 12.3 Å². The van der Waals surface area contributed by atoms with Crippen LogP contribution in [0.3, 0.4) is 0 Å². The molecule has 0 aliphatic heterocycles. The van der Waals surface area contributed by atoms with E-state index in [1.54, 1.807) is 13.8 Å². The van der Waals surface area contributed by atoms with Crippen LogP contribution in [0.1, 0.15) is 19.4 Å². The molecule has 0 saturated carbocycles. The lowest BCUT2D eigenvalue weighted by molar-refractivity contribution is 0.570. The Labute approximate surface area is 143 Å². The maximum atomic E-state index is 11.6. The smallest absolute Gasteiger partial charge is 0.213 e. The van der Waals surface area contributed by atoms with Gasteiger partial charge >= 0.3 is 0 Å². The Morgan fingerprint density at radius 3 is 2.62 bits per heavy atom. The third-order valence-electron chi connectivity index (χ3n) is 2.35. The van der Waals surface area contributed by atoms with Gasteiger partial charge in [0.1, 0.15) is 0 Å². The quantitative estimate of drug-likeness (QED) is 0.366. The van der Waals surface area contributed by atoms with E-state index in [-0.39, 0.29) is 48.3 Å². The lowest BCUT2D eigenvalue weighted by Crippen LogP contribution is -2.33. The summed E-state index contributed by atoms with van der Waals surface area (Å²) < 4.78 is 25.7. The molecule has 1 aromatic rings. The van der Waals surface area contributed by atoms with Gasteiger partial charge in [-0.3, -0.25) is 4.99 Å². The van der Waals surface area contributed by atoms with E-state index in [4.69, 9.17) is 5.73 Å². The van der Waals surface area contributed by atoms with Crippen LogP contribution in [0.15, 0.2) is 29.3 Å². The van der Waals surface area contributed by atoms with Crippen molar-refractivity contribution in [1.82, 2.24) is 4.72 Å². The van der Waals surface area contributed by atoms with Gasteiger partial charge in [0, 0.05) is 11.7 Å². The third kappa shape index (κ3) is 8.89. The first-order valence-corrected chi connectivity index (χ1v) is 8.07. The van der Waals surface area contributed by atoms with Gasteiger partial charge in [-0.05, 0) is 38.5 Å². The maximum Gasteiger partial charge on any atom is 0.213 e. The van der Waals surface area contributed by atoms with Crippen LogP contribution in [0.25, 0.3) is 0 Å². The summed E-state index contributed by atoms with van der Waals surface area (Å²) in [6.07, 6.45) is 0. The summed E-state index contributed by atoms with van der Waals surface area (Å²) in [4.78, 5) is 4.01. The second-order valence-corrected chi connectivity index (χ2v) is 6.73. The summed E-state index contributed by atoms with van der Waals surface area (Å²) in [5, 5.41) is 2.92. The minimum absolute atomic E-state index is 0. The molecule has 6 nitrogen and oxygen atoms in total. The van der Waals surface area contributed by atoms with Crippen LogP contribution < -0.4 is 15.8 Å². The molecule has 0 aliphatic rings. The van der Waals surface area contributed by atoms with Crippen LogP contribution in [0.5, 0.6) is 0 Å². The number of benzene rings is 1. The number of halogens is 1. The van der Waals surface area contributed by atoms with E-state index in [1.807, 2.05) is 31.2 Å². The average Bonchev–Trinajstić information content (AvgIpc) is 2.26. The number of hydrogen-bond acceptors (Lipinski definition) is 3. The van der Waals surface area contributed by atoms with Gasteiger partial charge in [0.25, 0.3) is 0 Å². The fourth-order valence-electron chi connectivity index (χ4n) is 1.61. The Morgan fingerprint density at radius 1 is 1.38 bits per heavy atom. The van der Waals surface area contributed by atoms with E-state index in [0.717, 1.165) is 11.3 Å². The zero-order valence-electron chi connectivity index (χ0n) is 12.5. The van der Waals surface area contributed by atoms with E-state index in [2.05, 4.69) is 15.0 Å². The van der Waals surface area contributed by atoms with Gasteiger partial charge in [-0.25, -0.2) is 13.1 Å². The van der Waals surface area contributed by atoms with Crippen molar-refractivity contribution in [1.29, 1.82) is 0 Å². The van der Waals surface area contributed by atoms with Gasteiger partial charge in [-0.1, -0.05) is 12.1 Å². The molecule has 0 radical (unpaired) electrons. The Kier molecular flexibility index (Phi) is 8.83. The molecule has 0 aromatic heterocycles. The molecular weight excluding hydrogens is 403 g/mol. The monoisotopic (exact) mass is 426 g/mol. The molecule has 0 saturated heterocycles. The summed E-state index contributed by atoms with van der Waals surface area (Å²) in [7, 11) is -3.30. The first kappa shape index (κ1) is 20.1. The number of nitrogens with two attached hydrogens (primary N) is 1. The Bertz CT molecular complexity index is 573. The molecule has 1 aromatic carbocycles. The van der Waals surface area contributed by atoms with Gasteiger partial charge in [0.2, 0.25) is 10.0 Å². The van der Waals surface area contributed by atoms with Crippen molar-refractivity contribution >= 4 is 45.6 Å². The topological polar surface area (TPSA) is 96.6 Å². The van der Waals surface area contributed by atoms with Crippen LogP contribution >= 0.6 is 24.0 Å². The normalized spacial score (nSPS) is 12.1. The molecular formula is C13H23IN4O2S. The Hall–Kier alpha value is -0.870. The van der Waals surface area contributed by atoms with E-state index < -0.39 is 10.0 Å². The second-order valence-electron chi connectivity index (χ2n) is 4.85. The molecule has 1 rings (SSSR count). The standard InChI is InChI=1S/C13H22N4O2S.HI/c1-10(2)17-20(18,19)8-7-15-13(14)16-12-6-4-5-11(3)9-12;/h4-6,9-10,17H,7-8H2,1-3H3,(H3,14,15,16);1H. The Balaban J connectivity index is 0.00000400. The van der Waals surface area contributed by atoms with Crippen LogP contribution in [0.2, 0.25) is 0 Å². The van der Waals surface area contributed by atoms with E-state index >= 15 is 0 Å². The molecule has 0 fully saturated rings. The highest BCUT2D eigenvalue weighted by atomic mass is 127. The number of aliphatic imine (C=N–C) groups is 1. The number of sulfonamides is 1. The van der Waals surface area contributed by atoms with E-state index in [0.29, 0.717) is 0 Å². The minimum atomic E-state index is -3.30. The summed E-state index contributed by atoms with van der Waals surface area (Å²) in [6, 6.07) is 7.56. The predicted octanol–water partition coefficient (Wildman–Crippen LogP) is 1.67. The molecule has 0 heterocycles. The van der Waals surface area contributed by atoms with Crippen molar-refractivity contribution in [3.63, 3.8) is 0 Å². The van der Waals surface area contributed by atoms with Crippen LogP contribution in [-0.4, -0.2) is 32.7 Å². The highest BCUT2D eigenvalue weighted by molar-refractivity contribution is 14.0. The fourth-order valence-corrected chi connectivity index (χ4v) is 2.78. The number of anilines is 1. The van der Waals surface area contributed by atoms with Gasteiger partial charge in [0.15, 0.2) is 5.96 Å². The number of hydrogen-bond donors (Lipinski definition) is 3. The zero-order valence-corrected chi connectivity index (χ0v) is 15.6. The number of nitrogens with one attached hydrogen (secondary N) is 2. The molecule has 21 heavy (non-hydrogen) atoms. The highest BCUT2D eigenvalue weighted by Crippen LogP contribution is 2.08. The highest BCUT2D eigenvalue weighted by Gasteiger charge is 2.10. The lowest BCUT2D eigenvalue weighted by Gasteiger charge is -2.09.